The topological polar surface area (TPSA) is 55.8 Å². The highest BCUT2D eigenvalue weighted by atomic mass is 32.1. The Morgan fingerprint density at radius 2 is 1.70 bits per heavy atom. The molecule has 1 aliphatic carbocycles. The lowest BCUT2D eigenvalue weighted by atomic mass is 10.1. The minimum Gasteiger partial charge on any atom is -0.508 e. The molecule has 0 atom stereocenters. The average Bonchev–Trinajstić information content (AvgIpc) is 3.10. The molecule has 1 aromatic rings. The molecule has 0 bridgehead atoms. The predicted molar refractivity (Wildman–Crippen MR) is 94.6 cm³/mol. The molecule has 1 aliphatic heterocycles. The lowest BCUT2D eigenvalue weighted by Gasteiger charge is -2.37. The number of amides is 1. The van der Waals surface area contributed by atoms with E-state index in [-0.39, 0.29) is 17.6 Å². The second kappa shape index (κ2) is 7.17. The van der Waals surface area contributed by atoms with Gasteiger partial charge in [-0.1, -0.05) is 12.8 Å². The fraction of sp³-hybridized carbons (Fsp3) is 0.529. The number of benzene rings is 1. The molecule has 0 radical (unpaired) electrons. The fourth-order valence-electron chi connectivity index (χ4n) is 3.31. The fourth-order valence-corrected chi connectivity index (χ4v) is 3.59. The Labute approximate surface area is 142 Å². The number of thiocarbonyl (C=S) groups is 1. The summed E-state index contributed by atoms with van der Waals surface area (Å²) in [5, 5.41) is 12.8. The van der Waals surface area contributed by atoms with Gasteiger partial charge in [0, 0.05) is 37.8 Å². The molecular formula is C17H23N3O2S. The molecule has 0 unspecified atom stereocenters. The van der Waals surface area contributed by atoms with Crippen LogP contribution >= 0.6 is 12.2 Å². The highest BCUT2D eigenvalue weighted by Gasteiger charge is 2.25. The number of rotatable bonds is 2. The van der Waals surface area contributed by atoms with Gasteiger partial charge in [-0.2, -0.15) is 0 Å². The van der Waals surface area contributed by atoms with Crippen LogP contribution in [0.5, 0.6) is 5.75 Å². The zero-order valence-electron chi connectivity index (χ0n) is 13.2. The first-order valence-electron chi connectivity index (χ1n) is 8.27. The maximum atomic E-state index is 12.2. The second-order valence-electron chi connectivity index (χ2n) is 6.27. The average molecular weight is 333 g/mol. The second-order valence-corrected chi connectivity index (χ2v) is 6.65. The number of carbonyl (C=O) groups excluding carboxylic acids is 1. The summed E-state index contributed by atoms with van der Waals surface area (Å²) in [4.78, 5) is 16.5. The van der Waals surface area contributed by atoms with Crippen molar-refractivity contribution in [2.45, 2.75) is 25.7 Å². The first kappa shape index (κ1) is 16.1. The number of nitrogens with zero attached hydrogens (tertiary/aromatic N) is 2. The number of hydrogen-bond acceptors (Lipinski definition) is 4. The van der Waals surface area contributed by atoms with E-state index in [4.69, 9.17) is 12.2 Å². The van der Waals surface area contributed by atoms with E-state index in [9.17, 15) is 9.90 Å². The number of piperazine rings is 1. The Balaban J connectivity index is 1.49. The number of carbonyl (C=O) groups is 1. The van der Waals surface area contributed by atoms with Gasteiger partial charge in [-0.25, -0.2) is 0 Å². The molecule has 23 heavy (non-hydrogen) atoms. The van der Waals surface area contributed by atoms with E-state index in [0.29, 0.717) is 5.11 Å². The number of hydrogen-bond donors (Lipinski definition) is 2. The largest absolute Gasteiger partial charge is 0.508 e. The van der Waals surface area contributed by atoms with Gasteiger partial charge in [0.05, 0.1) is 0 Å². The molecule has 1 aromatic carbocycles. The zero-order chi connectivity index (χ0) is 16.2. The van der Waals surface area contributed by atoms with E-state index >= 15 is 0 Å². The van der Waals surface area contributed by atoms with E-state index in [1.165, 1.54) is 0 Å². The van der Waals surface area contributed by atoms with Crippen LogP contribution in [0, 0.1) is 5.92 Å². The van der Waals surface area contributed by atoms with Gasteiger partial charge in [0.2, 0.25) is 5.91 Å². The van der Waals surface area contributed by atoms with Gasteiger partial charge in [-0.3, -0.25) is 4.79 Å². The van der Waals surface area contributed by atoms with Crippen LogP contribution in [-0.2, 0) is 4.79 Å². The molecule has 2 fully saturated rings. The van der Waals surface area contributed by atoms with Crippen LogP contribution in [0.1, 0.15) is 25.7 Å². The van der Waals surface area contributed by atoms with Crippen LogP contribution in [0.15, 0.2) is 24.3 Å². The van der Waals surface area contributed by atoms with Crippen molar-refractivity contribution >= 4 is 28.9 Å². The highest BCUT2D eigenvalue weighted by molar-refractivity contribution is 7.80. The van der Waals surface area contributed by atoms with Crippen molar-refractivity contribution in [3.8, 4) is 5.75 Å². The molecule has 1 saturated heterocycles. The van der Waals surface area contributed by atoms with Gasteiger partial charge in [0.1, 0.15) is 5.75 Å². The van der Waals surface area contributed by atoms with Crippen molar-refractivity contribution in [2.24, 2.45) is 5.92 Å². The summed E-state index contributed by atoms with van der Waals surface area (Å²) in [6.45, 7) is 3.30. The van der Waals surface area contributed by atoms with Gasteiger partial charge in [0.15, 0.2) is 5.11 Å². The number of anilines is 1. The van der Waals surface area contributed by atoms with Crippen LogP contribution in [0.25, 0.3) is 0 Å². The van der Waals surface area contributed by atoms with Crippen molar-refractivity contribution in [2.75, 3.05) is 31.1 Å². The molecule has 2 aliphatic rings. The molecular weight excluding hydrogens is 310 g/mol. The minimum absolute atomic E-state index is 0.0912. The van der Waals surface area contributed by atoms with Crippen LogP contribution in [0.2, 0.25) is 0 Å². The van der Waals surface area contributed by atoms with E-state index in [1.807, 2.05) is 12.1 Å². The Bertz CT molecular complexity index is 562. The van der Waals surface area contributed by atoms with Crippen LogP contribution in [-0.4, -0.2) is 47.2 Å². The van der Waals surface area contributed by atoms with E-state index in [0.717, 1.165) is 57.5 Å². The van der Waals surface area contributed by atoms with E-state index < -0.39 is 0 Å². The van der Waals surface area contributed by atoms with E-state index in [2.05, 4.69) is 15.1 Å². The Kier molecular flexibility index (Phi) is 5.00. The van der Waals surface area contributed by atoms with Crippen molar-refractivity contribution in [3.63, 3.8) is 0 Å². The van der Waals surface area contributed by atoms with Crippen LogP contribution in [0.4, 0.5) is 5.69 Å². The molecule has 2 N–H and O–H groups in total. The van der Waals surface area contributed by atoms with Crippen molar-refractivity contribution in [3.05, 3.63) is 24.3 Å². The highest BCUT2D eigenvalue weighted by Crippen LogP contribution is 2.25. The third-order valence-electron chi connectivity index (χ3n) is 4.74. The normalized spacial score (nSPS) is 19.0. The lowest BCUT2D eigenvalue weighted by molar-refractivity contribution is -0.123. The van der Waals surface area contributed by atoms with Crippen LogP contribution in [0.3, 0.4) is 0 Å². The summed E-state index contributed by atoms with van der Waals surface area (Å²) < 4.78 is 0. The molecule has 5 nitrogen and oxygen atoms in total. The van der Waals surface area contributed by atoms with Crippen molar-refractivity contribution in [1.29, 1.82) is 0 Å². The molecule has 0 aromatic heterocycles. The number of nitrogens with one attached hydrogen (secondary N) is 1. The maximum absolute atomic E-state index is 12.2. The first-order chi connectivity index (χ1) is 11.1. The first-order valence-corrected chi connectivity index (χ1v) is 8.68. The summed E-state index contributed by atoms with van der Waals surface area (Å²) >= 11 is 5.40. The van der Waals surface area contributed by atoms with Crippen molar-refractivity contribution < 1.29 is 9.90 Å². The Morgan fingerprint density at radius 1 is 1.09 bits per heavy atom. The van der Waals surface area contributed by atoms with Crippen LogP contribution < -0.4 is 10.2 Å². The molecule has 1 amide bonds. The number of phenolic OH excluding ortho intramolecular Hbond substituents is 1. The molecule has 124 valence electrons. The Morgan fingerprint density at radius 3 is 2.30 bits per heavy atom. The maximum Gasteiger partial charge on any atom is 0.229 e. The minimum atomic E-state index is 0.0912. The Hall–Kier alpha value is -1.82. The molecule has 1 saturated carbocycles. The van der Waals surface area contributed by atoms with Gasteiger partial charge in [-0.05, 0) is 49.3 Å². The lowest BCUT2D eigenvalue weighted by Crippen LogP contribution is -2.53. The summed E-state index contributed by atoms with van der Waals surface area (Å²) in [6.07, 6.45) is 4.28. The van der Waals surface area contributed by atoms with E-state index in [1.54, 1.807) is 12.1 Å². The predicted octanol–water partition coefficient (Wildman–Crippen LogP) is 2.11. The summed E-state index contributed by atoms with van der Waals surface area (Å²) in [5.74, 6) is 0.517. The van der Waals surface area contributed by atoms with Crippen molar-refractivity contribution in [1.82, 2.24) is 10.2 Å². The quantitative estimate of drug-likeness (QED) is 0.812. The SMILES string of the molecule is O=C(NC(=S)N1CCN(c2ccc(O)cc2)CC1)C1CCCC1. The summed E-state index contributed by atoms with van der Waals surface area (Å²) in [6, 6.07) is 7.25. The molecule has 3 rings (SSSR count). The number of aromatic hydroxyl groups is 1. The molecule has 0 spiro atoms. The van der Waals surface area contributed by atoms with Gasteiger partial charge in [-0.15, -0.1) is 0 Å². The van der Waals surface area contributed by atoms with Gasteiger partial charge in [0.25, 0.3) is 0 Å². The summed E-state index contributed by atoms with van der Waals surface area (Å²) in [5.41, 5.74) is 1.10. The van der Waals surface area contributed by atoms with Gasteiger partial charge < -0.3 is 20.2 Å². The standard InChI is InChI=1S/C17H23N3O2S/c21-15-7-5-14(6-8-15)19-9-11-20(12-10-19)17(23)18-16(22)13-3-1-2-4-13/h5-8,13,21H,1-4,9-12H2,(H,18,22,23). The third-order valence-corrected chi connectivity index (χ3v) is 5.10. The molecule has 6 heteroatoms. The summed E-state index contributed by atoms with van der Waals surface area (Å²) in [7, 11) is 0. The van der Waals surface area contributed by atoms with Gasteiger partial charge >= 0.3 is 0 Å². The monoisotopic (exact) mass is 333 g/mol. The molecule has 1 heterocycles. The number of phenols is 1. The zero-order valence-corrected chi connectivity index (χ0v) is 14.0. The smallest absolute Gasteiger partial charge is 0.229 e. The third kappa shape index (κ3) is 3.93.